The van der Waals surface area contributed by atoms with Gasteiger partial charge in [0.15, 0.2) is 15.9 Å². The zero-order valence-corrected chi connectivity index (χ0v) is 25.0. The number of ether oxygens (including phenoxy) is 1. The molecule has 0 spiro atoms. The van der Waals surface area contributed by atoms with Crippen molar-refractivity contribution < 1.29 is 27.9 Å². The van der Waals surface area contributed by atoms with Gasteiger partial charge >= 0.3 is 12.1 Å². The maximum absolute atomic E-state index is 12.5. The largest absolute Gasteiger partial charge is 0.479 e. The van der Waals surface area contributed by atoms with Crippen molar-refractivity contribution in [1.29, 1.82) is 0 Å². The van der Waals surface area contributed by atoms with Gasteiger partial charge in [0.2, 0.25) is 0 Å². The molecule has 5 N–H and O–H groups in total. The van der Waals surface area contributed by atoms with Crippen molar-refractivity contribution in [3.8, 4) is 0 Å². The average Bonchev–Trinajstić information content (AvgIpc) is 2.93. The summed E-state index contributed by atoms with van der Waals surface area (Å²) in [6, 6.07) is 11.9. The van der Waals surface area contributed by atoms with E-state index in [-0.39, 0.29) is 17.1 Å². The van der Waals surface area contributed by atoms with Gasteiger partial charge in [-0.25, -0.2) is 23.0 Å². The lowest BCUT2D eigenvalue weighted by Gasteiger charge is -2.20. The molecule has 0 radical (unpaired) electrons. The Morgan fingerprint density at radius 2 is 1.74 bits per heavy atom. The molecule has 1 unspecified atom stereocenters. The van der Waals surface area contributed by atoms with Crippen LogP contribution in [0.1, 0.15) is 33.9 Å². The number of aromatic nitrogens is 2. The average molecular weight is 608 g/mol. The van der Waals surface area contributed by atoms with Crippen molar-refractivity contribution in [3.63, 3.8) is 0 Å². The molecule has 1 amide bonds. The second-order valence-corrected chi connectivity index (χ2v) is 12.1. The predicted molar refractivity (Wildman–Crippen MR) is 163 cm³/mol. The fourth-order valence-corrected chi connectivity index (χ4v) is 5.87. The van der Waals surface area contributed by atoms with Crippen LogP contribution in [0.4, 0.5) is 16.2 Å². The molecule has 4 aromatic rings. The van der Waals surface area contributed by atoms with Crippen LogP contribution in [0.3, 0.4) is 0 Å². The van der Waals surface area contributed by atoms with E-state index in [1.807, 2.05) is 13.8 Å². The fourth-order valence-electron chi connectivity index (χ4n) is 4.95. The van der Waals surface area contributed by atoms with Crippen molar-refractivity contribution in [2.75, 3.05) is 30.5 Å². The molecule has 0 aliphatic rings. The first-order chi connectivity index (χ1) is 20.4. The Morgan fingerprint density at radius 3 is 2.40 bits per heavy atom. The van der Waals surface area contributed by atoms with E-state index in [4.69, 9.17) is 4.74 Å². The minimum Gasteiger partial charge on any atom is -0.479 e. The number of sulfone groups is 1. The van der Waals surface area contributed by atoms with Gasteiger partial charge in [0.1, 0.15) is 0 Å². The monoisotopic (exact) mass is 607 g/mol. The molecule has 1 aromatic heterocycles. The molecular weight excluding hydrogens is 574 g/mol. The molecule has 3 aromatic carbocycles. The standard InChI is InChI=1S/C30H33N5O7S/c1-17-11-19(27(29(37)38)34-22-5-7-25-24(14-22)28(36)33-16-32-25)12-18(2)23(17)9-10-42-30(39)35-21-6-8-26(43(4,40)41)20(13-21)15-31-3/h5-8,11-14,16,27,31,34H,9-10,15H2,1-4H3,(H,35,39)(H,37,38)(H,32,33,36). The van der Waals surface area contributed by atoms with Crippen LogP contribution < -0.4 is 21.5 Å². The third-order valence-corrected chi connectivity index (χ3v) is 8.11. The molecule has 4 rings (SSSR count). The van der Waals surface area contributed by atoms with Gasteiger partial charge in [-0.15, -0.1) is 0 Å². The number of nitrogens with zero attached hydrogens (tertiary/aromatic N) is 1. The summed E-state index contributed by atoms with van der Waals surface area (Å²) in [5, 5.41) is 18.9. The number of aliphatic carboxylic acids is 1. The van der Waals surface area contributed by atoms with Gasteiger partial charge in [-0.3, -0.25) is 10.1 Å². The lowest BCUT2D eigenvalue weighted by molar-refractivity contribution is -0.138. The van der Waals surface area contributed by atoms with Crippen LogP contribution >= 0.6 is 0 Å². The van der Waals surface area contributed by atoms with E-state index in [2.05, 4.69) is 25.9 Å². The number of anilines is 2. The number of aryl methyl sites for hydroxylation is 2. The number of hydrogen-bond acceptors (Lipinski definition) is 9. The van der Waals surface area contributed by atoms with Gasteiger partial charge in [-0.05, 0) is 85.1 Å². The molecule has 0 aliphatic heterocycles. The van der Waals surface area contributed by atoms with Crippen LogP contribution in [-0.4, -0.2) is 55.5 Å². The number of aromatic amines is 1. The summed E-state index contributed by atoms with van der Waals surface area (Å²) in [7, 11) is -1.73. The number of carboxylic acids is 1. The molecule has 0 saturated heterocycles. The van der Waals surface area contributed by atoms with E-state index in [0.29, 0.717) is 46.4 Å². The van der Waals surface area contributed by atoms with Crippen molar-refractivity contribution >= 4 is 44.2 Å². The van der Waals surface area contributed by atoms with Gasteiger partial charge in [0.05, 0.1) is 28.7 Å². The van der Waals surface area contributed by atoms with Crippen LogP contribution in [0, 0.1) is 13.8 Å². The zero-order chi connectivity index (χ0) is 31.3. The highest BCUT2D eigenvalue weighted by atomic mass is 32.2. The van der Waals surface area contributed by atoms with Crippen molar-refractivity contribution in [1.82, 2.24) is 15.3 Å². The summed E-state index contributed by atoms with van der Waals surface area (Å²) < 4.78 is 29.4. The Hall–Kier alpha value is -4.75. The Labute approximate surface area is 248 Å². The molecule has 12 nitrogen and oxygen atoms in total. The summed E-state index contributed by atoms with van der Waals surface area (Å²) in [5.41, 5.74) is 4.67. The third-order valence-electron chi connectivity index (χ3n) is 6.91. The maximum Gasteiger partial charge on any atom is 0.411 e. The maximum atomic E-state index is 12.5. The SMILES string of the molecule is CNCc1cc(NC(=O)OCCc2c(C)cc(C(Nc3ccc4nc[nH]c(=O)c4c3)C(=O)O)cc2C)ccc1S(C)(=O)=O. The Bertz CT molecular complexity index is 1830. The summed E-state index contributed by atoms with van der Waals surface area (Å²) in [6.07, 6.45) is 2.15. The van der Waals surface area contributed by atoms with Gasteiger partial charge in [0.25, 0.3) is 5.56 Å². The highest BCUT2D eigenvalue weighted by molar-refractivity contribution is 7.90. The molecule has 1 heterocycles. The second kappa shape index (κ2) is 13.0. The van der Waals surface area contributed by atoms with Crippen LogP contribution in [0.25, 0.3) is 10.9 Å². The highest BCUT2D eigenvalue weighted by Crippen LogP contribution is 2.27. The van der Waals surface area contributed by atoms with Gasteiger partial charge in [-0.2, -0.15) is 0 Å². The number of amides is 1. The molecule has 43 heavy (non-hydrogen) atoms. The normalized spacial score (nSPS) is 12.1. The molecule has 1 atom stereocenters. The van der Waals surface area contributed by atoms with Gasteiger partial charge in [0, 0.05) is 30.6 Å². The number of carboxylic acid groups (broad SMARTS) is 1. The number of H-pyrrole nitrogens is 1. The summed E-state index contributed by atoms with van der Waals surface area (Å²) in [5.74, 6) is -1.09. The zero-order valence-electron chi connectivity index (χ0n) is 24.1. The van der Waals surface area contributed by atoms with E-state index in [9.17, 15) is 27.9 Å². The van der Waals surface area contributed by atoms with E-state index >= 15 is 0 Å². The predicted octanol–water partition coefficient (Wildman–Crippen LogP) is 3.69. The lowest BCUT2D eigenvalue weighted by atomic mass is 9.94. The quantitative estimate of drug-likeness (QED) is 0.169. The van der Waals surface area contributed by atoms with E-state index in [1.165, 1.54) is 18.5 Å². The molecule has 0 saturated carbocycles. The summed E-state index contributed by atoms with van der Waals surface area (Å²) in [4.78, 5) is 43.6. The van der Waals surface area contributed by atoms with E-state index < -0.39 is 27.9 Å². The number of hydrogen-bond donors (Lipinski definition) is 5. The fraction of sp³-hybridized carbons (Fsp3) is 0.267. The van der Waals surface area contributed by atoms with Crippen LogP contribution in [0.2, 0.25) is 0 Å². The van der Waals surface area contributed by atoms with Crippen LogP contribution in [0.5, 0.6) is 0 Å². The molecule has 226 valence electrons. The highest BCUT2D eigenvalue weighted by Gasteiger charge is 2.22. The smallest absolute Gasteiger partial charge is 0.411 e. The van der Waals surface area contributed by atoms with Crippen molar-refractivity contribution in [2.45, 2.75) is 37.8 Å². The van der Waals surface area contributed by atoms with Crippen molar-refractivity contribution in [3.05, 3.63) is 93.0 Å². The number of carbonyl (C=O) groups is 2. The van der Waals surface area contributed by atoms with E-state index in [1.54, 1.807) is 43.4 Å². The Kier molecular flexibility index (Phi) is 9.46. The van der Waals surface area contributed by atoms with Crippen LogP contribution in [-0.2, 0) is 32.3 Å². The summed E-state index contributed by atoms with van der Waals surface area (Å²) in [6.45, 7) is 4.09. The Morgan fingerprint density at radius 1 is 1.05 bits per heavy atom. The van der Waals surface area contributed by atoms with Gasteiger partial charge < -0.3 is 25.5 Å². The number of carbonyl (C=O) groups excluding carboxylic acids is 1. The molecule has 0 fully saturated rings. The minimum atomic E-state index is -3.43. The number of benzene rings is 3. The first-order valence-electron chi connectivity index (χ1n) is 13.4. The number of rotatable bonds is 11. The van der Waals surface area contributed by atoms with Crippen molar-refractivity contribution in [2.24, 2.45) is 0 Å². The first-order valence-corrected chi connectivity index (χ1v) is 15.2. The molecule has 13 heteroatoms. The lowest BCUT2D eigenvalue weighted by Crippen LogP contribution is -2.21. The molecular formula is C30H33N5O7S. The van der Waals surface area contributed by atoms with Crippen LogP contribution in [0.15, 0.2) is 64.5 Å². The first kappa shape index (κ1) is 31.2. The summed E-state index contributed by atoms with van der Waals surface area (Å²) >= 11 is 0. The molecule has 0 aliphatic carbocycles. The Balaban J connectivity index is 1.43. The molecule has 0 bridgehead atoms. The number of fused-ring (bicyclic) bond motifs is 1. The van der Waals surface area contributed by atoms with Gasteiger partial charge in [-0.1, -0.05) is 12.1 Å². The van der Waals surface area contributed by atoms with E-state index in [0.717, 1.165) is 22.9 Å². The second-order valence-electron chi connectivity index (χ2n) is 10.1. The minimum absolute atomic E-state index is 0.0674. The topological polar surface area (TPSA) is 180 Å². The number of nitrogens with one attached hydrogen (secondary N) is 4. The third kappa shape index (κ3) is 7.56.